The number of piperidine rings is 1. The van der Waals surface area contributed by atoms with E-state index in [9.17, 15) is 9.59 Å². The van der Waals surface area contributed by atoms with Crippen LogP contribution in [0.5, 0.6) is 0 Å². The zero-order valence-electron chi connectivity index (χ0n) is 15.0. The first kappa shape index (κ1) is 18.9. The molecule has 1 aromatic rings. The van der Waals surface area contributed by atoms with E-state index < -0.39 is 5.41 Å². The molecule has 2 N–H and O–H groups in total. The topological polar surface area (TPSA) is 74.3 Å². The minimum atomic E-state index is -0.459. The molecule has 0 aromatic carbocycles. The Kier molecular flexibility index (Phi) is 6.34. The molecule has 0 unspecified atom stereocenters. The fourth-order valence-corrected chi connectivity index (χ4v) is 3.38. The van der Waals surface area contributed by atoms with Crippen molar-refractivity contribution in [2.75, 3.05) is 32.0 Å². The second-order valence-corrected chi connectivity index (χ2v) is 8.26. The van der Waals surface area contributed by atoms with Crippen LogP contribution in [0.25, 0.3) is 0 Å². The summed E-state index contributed by atoms with van der Waals surface area (Å²) in [6, 6.07) is 0. The minimum Gasteiger partial charge on any atom is -0.342 e. The highest BCUT2D eigenvalue weighted by molar-refractivity contribution is 7.13. The fraction of sp³-hybridized carbons (Fsp3) is 0.706. The second kappa shape index (κ2) is 8.07. The van der Waals surface area contributed by atoms with E-state index in [0.717, 1.165) is 38.2 Å². The van der Waals surface area contributed by atoms with Gasteiger partial charge >= 0.3 is 0 Å². The van der Waals surface area contributed by atoms with Crippen LogP contribution in [-0.2, 0) is 16.0 Å². The average molecular weight is 353 g/mol. The smallest absolute Gasteiger partial charge is 0.231 e. The molecule has 0 radical (unpaired) electrons. The van der Waals surface area contributed by atoms with Crippen LogP contribution in [0, 0.1) is 11.3 Å². The molecule has 2 rings (SSSR count). The minimum absolute atomic E-state index is 0.0682. The van der Waals surface area contributed by atoms with E-state index in [1.807, 2.05) is 38.1 Å². The normalized spacial score (nSPS) is 16.2. The average Bonchev–Trinajstić information content (AvgIpc) is 2.94. The Balaban J connectivity index is 1.84. The van der Waals surface area contributed by atoms with Gasteiger partial charge in [-0.3, -0.25) is 9.59 Å². The summed E-state index contributed by atoms with van der Waals surface area (Å²) in [6.07, 6.45) is 2.41. The molecule has 2 amide bonds. The number of aromatic nitrogens is 1. The molecule has 1 aromatic heterocycles. The Morgan fingerprint density at radius 2 is 2.00 bits per heavy atom. The number of amides is 2. The number of carbonyl (C=O) groups excluding carboxylic acids is 2. The van der Waals surface area contributed by atoms with Gasteiger partial charge in [0.25, 0.3) is 0 Å². The molecule has 24 heavy (non-hydrogen) atoms. The first-order valence-electron chi connectivity index (χ1n) is 8.48. The molecule has 2 heterocycles. The lowest BCUT2D eigenvalue weighted by molar-refractivity contribution is -0.131. The molecule has 0 atom stereocenters. The summed E-state index contributed by atoms with van der Waals surface area (Å²) in [4.78, 5) is 30.7. The number of likely N-dealkylation sites (tertiary alicyclic amines) is 1. The largest absolute Gasteiger partial charge is 0.342 e. The molecule has 1 saturated heterocycles. The Morgan fingerprint density at radius 1 is 1.33 bits per heavy atom. The van der Waals surface area contributed by atoms with Gasteiger partial charge in [0, 0.05) is 23.9 Å². The molecule has 7 heteroatoms. The number of nitrogens with one attached hydrogen (secondary N) is 2. The molecule has 0 saturated carbocycles. The lowest BCUT2D eigenvalue weighted by atomic mass is 9.96. The van der Waals surface area contributed by atoms with E-state index in [2.05, 4.69) is 15.6 Å². The van der Waals surface area contributed by atoms with Gasteiger partial charge in [0.05, 0.1) is 12.1 Å². The van der Waals surface area contributed by atoms with Crippen LogP contribution in [0.15, 0.2) is 5.38 Å². The van der Waals surface area contributed by atoms with Crippen molar-refractivity contribution in [3.8, 4) is 0 Å². The third-order valence-electron chi connectivity index (χ3n) is 4.25. The molecular formula is C17H28N4O2S. The Hall–Kier alpha value is -1.47. The number of anilines is 1. The summed E-state index contributed by atoms with van der Waals surface area (Å²) < 4.78 is 0. The van der Waals surface area contributed by atoms with Gasteiger partial charge in [0.2, 0.25) is 11.8 Å². The van der Waals surface area contributed by atoms with Crippen LogP contribution in [0.1, 0.15) is 39.3 Å². The maximum Gasteiger partial charge on any atom is 0.231 e. The standard InChI is InChI=1S/C17H28N4O2S/c1-17(2,3)15(23)20-16-19-13(11-24-16)9-14(22)21-7-5-12(6-8-21)10-18-4/h11-12,18H,5-10H2,1-4H3,(H,19,20,23). The fourth-order valence-electron chi connectivity index (χ4n) is 2.67. The van der Waals surface area contributed by atoms with E-state index in [1.165, 1.54) is 11.3 Å². The molecule has 1 aliphatic rings. The number of hydrogen-bond donors (Lipinski definition) is 2. The van der Waals surface area contributed by atoms with Crippen LogP contribution < -0.4 is 10.6 Å². The molecule has 0 spiro atoms. The summed E-state index contributed by atoms with van der Waals surface area (Å²) in [6.45, 7) is 8.24. The van der Waals surface area contributed by atoms with Gasteiger partial charge in [-0.1, -0.05) is 20.8 Å². The van der Waals surface area contributed by atoms with Crippen LogP contribution in [-0.4, -0.2) is 48.4 Å². The van der Waals surface area contributed by atoms with Gasteiger partial charge in [-0.2, -0.15) is 0 Å². The van der Waals surface area contributed by atoms with Crippen molar-refractivity contribution < 1.29 is 9.59 Å². The SMILES string of the molecule is CNCC1CCN(C(=O)Cc2csc(NC(=O)C(C)(C)C)n2)CC1. The third-order valence-corrected chi connectivity index (χ3v) is 5.05. The van der Waals surface area contributed by atoms with Gasteiger partial charge in [-0.15, -0.1) is 11.3 Å². The number of carbonyl (C=O) groups is 2. The van der Waals surface area contributed by atoms with Gasteiger partial charge in [0.1, 0.15) is 0 Å². The van der Waals surface area contributed by atoms with Crippen LogP contribution in [0.2, 0.25) is 0 Å². The molecule has 1 aliphatic heterocycles. The number of rotatable bonds is 5. The van der Waals surface area contributed by atoms with E-state index in [-0.39, 0.29) is 11.8 Å². The molecule has 0 aliphatic carbocycles. The van der Waals surface area contributed by atoms with Crippen molar-refractivity contribution in [1.29, 1.82) is 0 Å². The molecule has 6 nitrogen and oxygen atoms in total. The predicted octanol–water partition coefficient (Wildman–Crippen LogP) is 2.13. The number of nitrogens with zero attached hydrogens (tertiary/aromatic N) is 2. The van der Waals surface area contributed by atoms with E-state index >= 15 is 0 Å². The number of thiazole rings is 1. The highest BCUT2D eigenvalue weighted by atomic mass is 32.1. The maximum absolute atomic E-state index is 12.4. The van der Waals surface area contributed by atoms with Crippen molar-refractivity contribution in [1.82, 2.24) is 15.2 Å². The quantitative estimate of drug-likeness (QED) is 0.851. The van der Waals surface area contributed by atoms with E-state index in [1.54, 1.807) is 0 Å². The highest BCUT2D eigenvalue weighted by Crippen LogP contribution is 2.22. The van der Waals surface area contributed by atoms with Crippen molar-refractivity contribution in [2.45, 2.75) is 40.0 Å². The Morgan fingerprint density at radius 3 is 2.58 bits per heavy atom. The summed E-state index contributed by atoms with van der Waals surface area (Å²) in [5.74, 6) is 0.718. The van der Waals surface area contributed by atoms with Gasteiger partial charge in [-0.05, 0) is 32.4 Å². The summed E-state index contributed by atoms with van der Waals surface area (Å²) >= 11 is 1.37. The monoisotopic (exact) mass is 352 g/mol. The van der Waals surface area contributed by atoms with Crippen molar-refractivity contribution in [2.24, 2.45) is 11.3 Å². The van der Waals surface area contributed by atoms with Crippen molar-refractivity contribution in [3.63, 3.8) is 0 Å². The van der Waals surface area contributed by atoms with Gasteiger partial charge < -0.3 is 15.5 Å². The Bertz CT molecular complexity index is 571. The first-order valence-corrected chi connectivity index (χ1v) is 9.36. The van der Waals surface area contributed by atoms with Gasteiger partial charge in [-0.25, -0.2) is 4.98 Å². The zero-order chi connectivity index (χ0) is 17.7. The lowest BCUT2D eigenvalue weighted by Crippen LogP contribution is -2.41. The number of hydrogen-bond acceptors (Lipinski definition) is 5. The predicted molar refractivity (Wildman–Crippen MR) is 97.1 cm³/mol. The summed E-state index contributed by atoms with van der Waals surface area (Å²) in [5.41, 5.74) is 0.269. The van der Waals surface area contributed by atoms with E-state index in [0.29, 0.717) is 17.5 Å². The van der Waals surface area contributed by atoms with Crippen LogP contribution in [0.4, 0.5) is 5.13 Å². The van der Waals surface area contributed by atoms with Crippen molar-refractivity contribution in [3.05, 3.63) is 11.1 Å². The molecule has 1 fully saturated rings. The van der Waals surface area contributed by atoms with Gasteiger partial charge in [0.15, 0.2) is 5.13 Å². The zero-order valence-corrected chi connectivity index (χ0v) is 15.8. The molecule has 0 bridgehead atoms. The van der Waals surface area contributed by atoms with Crippen LogP contribution >= 0.6 is 11.3 Å². The van der Waals surface area contributed by atoms with Crippen LogP contribution in [0.3, 0.4) is 0 Å². The van der Waals surface area contributed by atoms with E-state index in [4.69, 9.17) is 0 Å². The Labute approximate surface area is 148 Å². The summed E-state index contributed by atoms with van der Waals surface area (Å²) in [5, 5.41) is 8.43. The van der Waals surface area contributed by atoms with Crippen molar-refractivity contribution >= 4 is 28.3 Å². The maximum atomic E-state index is 12.4. The highest BCUT2D eigenvalue weighted by Gasteiger charge is 2.24. The first-order chi connectivity index (χ1) is 11.3. The summed E-state index contributed by atoms with van der Waals surface area (Å²) in [7, 11) is 1.97. The molecular weight excluding hydrogens is 324 g/mol. The second-order valence-electron chi connectivity index (χ2n) is 7.41. The lowest BCUT2D eigenvalue weighted by Gasteiger charge is -2.31. The third kappa shape index (κ3) is 5.27. The molecule has 134 valence electrons.